The van der Waals surface area contributed by atoms with Gasteiger partial charge in [0.25, 0.3) is 0 Å². The van der Waals surface area contributed by atoms with Gasteiger partial charge in [-0.15, -0.1) is 0 Å². The van der Waals surface area contributed by atoms with Crippen LogP contribution in [0.2, 0.25) is 0 Å². The fourth-order valence-corrected chi connectivity index (χ4v) is 2.11. The Morgan fingerprint density at radius 2 is 1.95 bits per heavy atom. The number of pyridine rings is 2. The molecule has 0 aliphatic heterocycles. The summed E-state index contributed by atoms with van der Waals surface area (Å²) in [6.45, 7) is 0.577. The van der Waals surface area contributed by atoms with Gasteiger partial charge >= 0.3 is 5.82 Å². The van der Waals surface area contributed by atoms with E-state index >= 15 is 0 Å². The van der Waals surface area contributed by atoms with Crippen molar-refractivity contribution in [3.05, 3.63) is 70.5 Å². The van der Waals surface area contributed by atoms with Gasteiger partial charge in [0.2, 0.25) is 0 Å². The highest BCUT2D eigenvalue weighted by molar-refractivity contribution is 5.81. The Morgan fingerprint density at radius 3 is 2.71 bits per heavy atom. The van der Waals surface area contributed by atoms with Crippen LogP contribution in [-0.4, -0.2) is 14.9 Å². The molecule has 2 heterocycles. The summed E-state index contributed by atoms with van der Waals surface area (Å²) >= 11 is 0. The maximum atomic E-state index is 10.6. The minimum atomic E-state index is -0.515. The third-order valence-electron chi connectivity index (χ3n) is 3.13. The van der Waals surface area contributed by atoms with Crippen LogP contribution in [-0.2, 0) is 6.54 Å². The molecule has 0 atom stereocenters. The predicted octanol–water partition coefficient (Wildman–Crippen LogP) is 3.15. The second-order valence-electron chi connectivity index (χ2n) is 4.51. The quantitative estimate of drug-likeness (QED) is 0.586. The van der Waals surface area contributed by atoms with Crippen LogP contribution in [0.25, 0.3) is 10.9 Å². The highest BCUT2D eigenvalue weighted by Gasteiger charge is 2.06. The van der Waals surface area contributed by atoms with Gasteiger partial charge < -0.3 is 15.4 Å². The van der Waals surface area contributed by atoms with Gasteiger partial charge in [-0.1, -0.05) is 24.3 Å². The molecular formula is C15H12N4O2. The molecular weight excluding hydrogens is 268 g/mol. The van der Waals surface area contributed by atoms with Crippen LogP contribution in [0.15, 0.2) is 54.9 Å². The molecule has 0 fully saturated rings. The van der Waals surface area contributed by atoms with Gasteiger partial charge in [-0.3, -0.25) is 4.98 Å². The van der Waals surface area contributed by atoms with E-state index in [1.807, 2.05) is 30.3 Å². The number of aromatic nitrogens is 2. The van der Waals surface area contributed by atoms with Gasteiger partial charge in [-0.05, 0) is 27.6 Å². The van der Waals surface area contributed by atoms with Crippen molar-refractivity contribution < 1.29 is 4.92 Å². The summed E-state index contributed by atoms with van der Waals surface area (Å²) in [7, 11) is 0. The molecule has 0 aliphatic carbocycles. The molecule has 2 aromatic heterocycles. The summed E-state index contributed by atoms with van der Waals surface area (Å²) < 4.78 is 0. The SMILES string of the molecule is O=[N+]([O-])c1ccc(NCc2cccc3cccnc23)cn1. The van der Waals surface area contributed by atoms with Crippen molar-refractivity contribution >= 4 is 22.4 Å². The van der Waals surface area contributed by atoms with Crippen LogP contribution in [0, 0.1) is 10.1 Å². The Morgan fingerprint density at radius 1 is 1.10 bits per heavy atom. The van der Waals surface area contributed by atoms with Gasteiger partial charge in [-0.25, -0.2) is 0 Å². The second kappa shape index (κ2) is 5.54. The van der Waals surface area contributed by atoms with Gasteiger partial charge in [0, 0.05) is 24.2 Å². The lowest BCUT2D eigenvalue weighted by molar-refractivity contribution is -0.389. The summed E-state index contributed by atoms with van der Waals surface area (Å²) in [5.41, 5.74) is 2.74. The van der Waals surface area contributed by atoms with E-state index in [0.29, 0.717) is 6.54 Å². The molecule has 3 rings (SSSR count). The third-order valence-corrected chi connectivity index (χ3v) is 3.13. The van der Waals surface area contributed by atoms with E-state index in [2.05, 4.69) is 15.3 Å². The average molecular weight is 280 g/mol. The van der Waals surface area contributed by atoms with Crippen molar-refractivity contribution in [2.75, 3.05) is 5.32 Å². The summed E-state index contributed by atoms with van der Waals surface area (Å²) in [4.78, 5) is 18.2. The lowest BCUT2D eigenvalue weighted by atomic mass is 10.1. The van der Waals surface area contributed by atoms with Gasteiger partial charge in [-0.2, -0.15) is 0 Å². The smallest absolute Gasteiger partial charge is 0.363 e. The monoisotopic (exact) mass is 280 g/mol. The zero-order chi connectivity index (χ0) is 14.7. The van der Waals surface area contributed by atoms with Crippen molar-refractivity contribution in [1.82, 2.24) is 9.97 Å². The van der Waals surface area contributed by atoms with E-state index in [1.54, 1.807) is 12.3 Å². The molecule has 0 amide bonds. The van der Waals surface area contributed by atoms with Crippen molar-refractivity contribution in [2.24, 2.45) is 0 Å². The Hall–Kier alpha value is -3.02. The van der Waals surface area contributed by atoms with Crippen LogP contribution >= 0.6 is 0 Å². The fourth-order valence-electron chi connectivity index (χ4n) is 2.11. The molecule has 0 radical (unpaired) electrons. The number of para-hydroxylation sites is 1. The lowest BCUT2D eigenvalue weighted by Crippen LogP contribution is -2.01. The fraction of sp³-hybridized carbons (Fsp3) is 0.0667. The third kappa shape index (κ3) is 2.79. The number of fused-ring (bicyclic) bond motifs is 1. The largest absolute Gasteiger partial charge is 0.378 e. The van der Waals surface area contributed by atoms with Crippen molar-refractivity contribution in [2.45, 2.75) is 6.54 Å². The first kappa shape index (κ1) is 13.0. The maximum absolute atomic E-state index is 10.6. The minimum absolute atomic E-state index is 0.160. The van der Waals surface area contributed by atoms with E-state index in [4.69, 9.17) is 0 Å². The minimum Gasteiger partial charge on any atom is -0.378 e. The Kier molecular flexibility index (Phi) is 3.42. The number of hydrogen-bond acceptors (Lipinski definition) is 5. The Bertz CT molecular complexity index is 782. The number of nitro groups is 1. The molecule has 6 heteroatoms. The van der Waals surface area contributed by atoms with Gasteiger partial charge in [0.15, 0.2) is 6.20 Å². The van der Waals surface area contributed by atoms with Gasteiger partial charge in [0.05, 0.1) is 11.2 Å². The molecule has 1 aromatic carbocycles. The molecule has 0 saturated carbocycles. The zero-order valence-corrected chi connectivity index (χ0v) is 11.1. The average Bonchev–Trinajstić information content (AvgIpc) is 2.53. The summed E-state index contributed by atoms with van der Waals surface area (Å²) in [5.74, 6) is -0.160. The number of rotatable bonds is 4. The maximum Gasteiger partial charge on any atom is 0.363 e. The van der Waals surface area contributed by atoms with Crippen LogP contribution in [0.4, 0.5) is 11.5 Å². The highest BCUT2D eigenvalue weighted by atomic mass is 16.6. The van der Waals surface area contributed by atoms with Crippen LogP contribution < -0.4 is 5.32 Å². The number of benzene rings is 1. The second-order valence-corrected chi connectivity index (χ2v) is 4.51. The highest BCUT2D eigenvalue weighted by Crippen LogP contribution is 2.18. The van der Waals surface area contributed by atoms with E-state index < -0.39 is 4.92 Å². The van der Waals surface area contributed by atoms with Crippen molar-refractivity contribution in [3.63, 3.8) is 0 Å². The number of anilines is 1. The first-order valence-corrected chi connectivity index (χ1v) is 6.41. The first-order chi connectivity index (χ1) is 10.2. The Balaban J connectivity index is 1.79. The van der Waals surface area contributed by atoms with Crippen molar-refractivity contribution in [1.29, 1.82) is 0 Å². The normalized spacial score (nSPS) is 10.5. The molecule has 21 heavy (non-hydrogen) atoms. The topological polar surface area (TPSA) is 81.0 Å². The van der Waals surface area contributed by atoms with E-state index in [0.717, 1.165) is 22.2 Å². The molecule has 0 bridgehead atoms. The van der Waals surface area contributed by atoms with Gasteiger partial charge in [0.1, 0.15) is 0 Å². The van der Waals surface area contributed by atoms with Crippen LogP contribution in [0.5, 0.6) is 0 Å². The van der Waals surface area contributed by atoms with E-state index in [9.17, 15) is 10.1 Å². The number of nitrogens with zero attached hydrogens (tertiary/aromatic N) is 3. The molecule has 104 valence electrons. The van der Waals surface area contributed by atoms with Crippen molar-refractivity contribution in [3.8, 4) is 0 Å². The number of hydrogen-bond donors (Lipinski definition) is 1. The molecule has 6 nitrogen and oxygen atoms in total. The standard InChI is InChI=1S/C15H12N4O2/c20-19(21)14-7-6-13(10-18-14)17-9-12-4-1-3-11-5-2-8-16-15(11)12/h1-8,10,17H,9H2. The molecule has 0 saturated heterocycles. The zero-order valence-electron chi connectivity index (χ0n) is 11.1. The number of nitrogens with one attached hydrogen (secondary N) is 1. The van der Waals surface area contributed by atoms with E-state index in [-0.39, 0.29) is 5.82 Å². The molecule has 1 N–H and O–H groups in total. The molecule has 0 unspecified atom stereocenters. The molecule has 3 aromatic rings. The molecule has 0 spiro atoms. The van der Waals surface area contributed by atoms with E-state index in [1.165, 1.54) is 12.3 Å². The summed E-state index contributed by atoms with van der Waals surface area (Å²) in [6, 6.07) is 12.9. The Labute approximate surface area is 120 Å². The summed E-state index contributed by atoms with van der Waals surface area (Å²) in [5, 5.41) is 14.8. The summed E-state index contributed by atoms with van der Waals surface area (Å²) in [6.07, 6.45) is 3.22. The lowest BCUT2D eigenvalue weighted by Gasteiger charge is -2.07. The first-order valence-electron chi connectivity index (χ1n) is 6.41. The predicted molar refractivity (Wildman–Crippen MR) is 80.0 cm³/mol. The molecule has 0 aliphatic rings. The van der Waals surface area contributed by atoms with Crippen LogP contribution in [0.3, 0.4) is 0 Å². The van der Waals surface area contributed by atoms with Crippen LogP contribution in [0.1, 0.15) is 5.56 Å².